The van der Waals surface area contributed by atoms with Gasteiger partial charge in [0.05, 0.1) is 26.4 Å². The number of allylic oxidation sites excluding steroid dienone is 1. The highest BCUT2D eigenvalue weighted by molar-refractivity contribution is 5.85. The molecule has 1 spiro atoms. The topological polar surface area (TPSA) is 54.0 Å². The molecule has 0 aromatic rings. The molecule has 6 rings (SSSR count). The van der Waals surface area contributed by atoms with Gasteiger partial charge >= 0.3 is 0 Å². The van der Waals surface area contributed by atoms with E-state index >= 15 is 0 Å². The number of rotatable bonds is 1. The molecule has 0 bridgehead atoms. The fourth-order valence-corrected chi connectivity index (χ4v) is 8.77. The Bertz CT molecular complexity index is 776. The van der Waals surface area contributed by atoms with Crippen molar-refractivity contribution in [1.29, 1.82) is 0 Å². The average Bonchev–Trinajstić information content (AvgIpc) is 3.41. The quantitative estimate of drug-likeness (QED) is 0.598. The maximum absolute atomic E-state index is 13.8. The van der Waals surface area contributed by atoms with Crippen LogP contribution in [0.2, 0.25) is 0 Å². The molecule has 30 heavy (non-hydrogen) atoms. The van der Waals surface area contributed by atoms with Crippen LogP contribution in [0.5, 0.6) is 0 Å². The van der Waals surface area contributed by atoms with Gasteiger partial charge in [-0.3, -0.25) is 4.79 Å². The molecule has 4 aliphatic carbocycles. The Morgan fingerprint density at radius 3 is 2.33 bits per heavy atom. The van der Waals surface area contributed by atoms with Crippen molar-refractivity contribution in [2.24, 2.45) is 34.5 Å². The summed E-state index contributed by atoms with van der Waals surface area (Å²) in [6, 6.07) is 0. The Balaban J connectivity index is 1.33. The van der Waals surface area contributed by atoms with Gasteiger partial charge in [0.15, 0.2) is 11.6 Å². The third-order valence-electron chi connectivity index (χ3n) is 10.1. The Labute approximate surface area is 179 Å². The van der Waals surface area contributed by atoms with Crippen molar-refractivity contribution < 1.29 is 23.7 Å². The molecule has 0 aromatic heterocycles. The van der Waals surface area contributed by atoms with Gasteiger partial charge in [-0.25, -0.2) is 0 Å². The van der Waals surface area contributed by atoms with Crippen molar-refractivity contribution in [3.63, 3.8) is 0 Å². The van der Waals surface area contributed by atoms with E-state index in [9.17, 15) is 4.79 Å². The molecule has 3 saturated carbocycles. The summed E-state index contributed by atoms with van der Waals surface area (Å²) in [6.45, 7) is 9.55. The first kappa shape index (κ1) is 19.9. The second-order valence-corrected chi connectivity index (χ2v) is 11.4. The van der Waals surface area contributed by atoms with E-state index in [2.05, 4.69) is 26.8 Å². The Hall–Kier alpha value is -0.750. The molecule has 2 aliphatic heterocycles. The van der Waals surface area contributed by atoms with Crippen molar-refractivity contribution in [1.82, 2.24) is 0 Å². The third kappa shape index (κ3) is 2.52. The van der Waals surface area contributed by atoms with E-state index < -0.39 is 11.6 Å². The summed E-state index contributed by atoms with van der Waals surface area (Å²) in [4.78, 5) is 13.8. The minimum absolute atomic E-state index is 0.0212. The summed E-state index contributed by atoms with van der Waals surface area (Å²) in [7, 11) is 0. The Morgan fingerprint density at radius 1 is 0.900 bits per heavy atom. The van der Waals surface area contributed by atoms with E-state index in [1.807, 2.05) is 0 Å². The van der Waals surface area contributed by atoms with Gasteiger partial charge in [0, 0.05) is 31.1 Å². The van der Waals surface area contributed by atoms with Gasteiger partial charge in [0.2, 0.25) is 0 Å². The van der Waals surface area contributed by atoms with Crippen LogP contribution in [0.3, 0.4) is 0 Å². The second kappa shape index (κ2) is 6.40. The highest BCUT2D eigenvalue weighted by Gasteiger charge is 2.66. The number of hydrogen-bond acceptors (Lipinski definition) is 5. The fraction of sp³-hybridized carbons (Fsp3) is 0.880. The zero-order chi connectivity index (χ0) is 20.8. The van der Waals surface area contributed by atoms with Gasteiger partial charge in [-0.2, -0.15) is 0 Å². The summed E-state index contributed by atoms with van der Waals surface area (Å²) >= 11 is 0. The molecule has 0 radical (unpaired) electrons. The SMILES string of the molecule is CC1(C2CC[C@H]3[C@@H]4CC=C5CC6(CC[C@]5(C)[C@H]4C(=O)C[C@]23C)OCCO6)OCCO1. The van der Waals surface area contributed by atoms with Gasteiger partial charge in [-0.1, -0.05) is 25.5 Å². The third-order valence-corrected chi connectivity index (χ3v) is 10.1. The summed E-state index contributed by atoms with van der Waals surface area (Å²) in [5, 5.41) is 0. The predicted molar refractivity (Wildman–Crippen MR) is 111 cm³/mol. The van der Waals surface area contributed by atoms with Crippen LogP contribution in [0.15, 0.2) is 11.6 Å². The fourth-order valence-electron chi connectivity index (χ4n) is 8.77. The molecule has 1 unspecified atom stereocenters. The largest absolute Gasteiger partial charge is 0.348 e. The van der Waals surface area contributed by atoms with Crippen LogP contribution in [0.1, 0.15) is 65.7 Å². The minimum atomic E-state index is -0.523. The minimum Gasteiger partial charge on any atom is -0.348 e. The molecule has 0 amide bonds. The molecule has 5 nitrogen and oxygen atoms in total. The average molecular weight is 417 g/mol. The van der Waals surface area contributed by atoms with Gasteiger partial charge in [0.1, 0.15) is 5.78 Å². The monoisotopic (exact) mass is 416 g/mol. The van der Waals surface area contributed by atoms with E-state index in [-0.39, 0.29) is 16.7 Å². The molecular weight excluding hydrogens is 380 g/mol. The molecule has 0 N–H and O–H groups in total. The van der Waals surface area contributed by atoms with Crippen LogP contribution in [-0.4, -0.2) is 43.8 Å². The number of Topliss-reactive ketones (excluding diaryl/α,β-unsaturated/α-hetero) is 1. The molecule has 0 aromatic carbocycles. The summed E-state index contributed by atoms with van der Waals surface area (Å²) in [5.41, 5.74) is 1.36. The van der Waals surface area contributed by atoms with E-state index in [4.69, 9.17) is 18.9 Å². The number of hydrogen-bond donors (Lipinski definition) is 0. The number of carbonyl (C=O) groups excluding carboxylic acids is 1. The lowest BCUT2D eigenvalue weighted by atomic mass is 9.46. The van der Waals surface area contributed by atoms with E-state index in [0.717, 1.165) is 32.1 Å². The predicted octanol–water partition coefficient (Wildman–Crippen LogP) is 4.25. The van der Waals surface area contributed by atoms with Crippen molar-refractivity contribution in [2.75, 3.05) is 26.4 Å². The second-order valence-electron chi connectivity index (χ2n) is 11.4. The van der Waals surface area contributed by atoms with Crippen LogP contribution in [-0.2, 0) is 23.7 Å². The maximum Gasteiger partial charge on any atom is 0.172 e. The van der Waals surface area contributed by atoms with Crippen molar-refractivity contribution in [3.8, 4) is 0 Å². The zero-order valence-electron chi connectivity index (χ0n) is 18.7. The zero-order valence-corrected chi connectivity index (χ0v) is 18.7. The molecule has 166 valence electrons. The lowest BCUT2D eigenvalue weighted by Crippen LogP contribution is -2.57. The Kier molecular flexibility index (Phi) is 4.25. The maximum atomic E-state index is 13.8. The van der Waals surface area contributed by atoms with Gasteiger partial charge in [-0.05, 0) is 55.3 Å². The van der Waals surface area contributed by atoms with Crippen LogP contribution in [0.25, 0.3) is 0 Å². The van der Waals surface area contributed by atoms with Crippen LogP contribution in [0.4, 0.5) is 0 Å². The van der Waals surface area contributed by atoms with E-state index in [0.29, 0.717) is 56.4 Å². The van der Waals surface area contributed by atoms with Crippen LogP contribution >= 0.6 is 0 Å². The lowest BCUT2D eigenvalue weighted by molar-refractivity contribution is -0.215. The first-order valence-electron chi connectivity index (χ1n) is 12.1. The summed E-state index contributed by atoms with van der Waals surface area (Å²) in [5.74, 6) is 0.990. The molecule has 5 fully saturated rings. The van der Waals surface area contributed by atoms with Gasteiger partial charge in [0.25, 0.3) is 0 Å². The summed E-state index contributed by atoms with van der Waals surface area (Å²) in [6.07, 6.45) is 9.17. The number of carbonyl (C=O) groups is 1. The van der Waals surface area contributed by atoms with Crippen molar-refractivity contribution in [3.05, 3.63) is 11.6 Å². The van der Waals surface area contributed by atoms with Crippen molar-refractivity contribution >= 4 is 5.78 Å². The molecule has 6 atom stereocenters. The molecule has 2 heterocycles. The Morgan fingerprint density at radius 2 is 1.60 bits per heavy atom. The first-order valence-corrected chi connectivity index (χ1v) is 12.1. The smallest absolute Gasteiger partial charge is 0.172 e. The highest BCUT2D eigenvalue weighted by atomic mass is 16.7. The van der Waals surface area contributed by atoms with Crippen LogP contribution in [0, 0.1) is 34.5 Å². The number of ether oxygens (including phenoxy) is 4. The van der Waals surface area contributed by atoms with Gasteiger partial charge in [-0.15, -0.1) is 0 Å². The number of ketones is 1. The van der Waals surface area contributed by atoms with Gasteiger partial charge < -0.3 is 18.9 Å². The molecule has 2 saturated heterocycles. The van der Waals surface area contributed by atoms with Crippen molar-refractivity contribution in [2.45, 2.75) is 77.3 Å². The van der Waals surface area contributed by atoms with E-state index in [1.165, 1.54) is 12.0 Å². The normalized spacial score (nSPS) is 48.9. The highest BCUT2D eigenvalue weighted by Crippen LogP contribution is 2.67. The molecular formula is C25H36O5. The molecule has 6 aliphatic rings. The summed E-state index contributed by atoms with van der Waals surface area (Å²) < 4.78 is 24.3. The number of fused-ring (bicyclic) bond motifs is 5. The van der Waals surface area contributed by atoms with E-state index in [1.54, 1.807) is 0 Å². The standard InChI is InChI=1S/C25H36O5/c1-22-8-9-25(29-12-13-30-25)14-16(22)4-5-17-18-6-7-20(24(3)27-10-11-28-24)23(18,2)15-19(26)21(17)22/h4,17-18,20-21H,5-15H2,1-3H3/t17-,18-,20?,21+,22-,23-/m0/s1. The molecule has 5 heteroatoms. The van der Waals surface area contributed by atoms with Crippen LogP contribution < -0.4 is 0 Å². The lowest BCUT2D eigenvalue weighted by Gasteiger charge is -2.58. The first-order chi connectivity index (χ1) is 14.3.